The molecule has 0 aliphatic heterocycles. The van der Waals surface area contributed by atoms with E-state index in [1.807, 2.05) is 0 Å². The lowest BCUT2D eigenvalue weighted by Crippen LogP contribution is -2.10. The van der Waals surface area contributed by atoms with Crippen molar-refractivity contribution in [3.63, 3.8) is 0 Å². The number of aliphatic carboxylic acids is 3. The van der Waals surface area contributed by atoms with Crippen LogP contribution in [0.2, 0.25) is 0 Å². The average molecular weight is 323 g/mol. The first-order chi connectivity index (χ1) is 8.81. The molecule has 0 unspecified atom stereocenters. The number of hydrogen-bond acceptors (Lipinski definition) is 7. The first-order valence-electron chi connectivity index (χ1n) is 4.35. The third-order valence-electron chi connectivity index (χ3n) is 0.524. The molecule has 0 heterocycles. The lowest BCUT2D eigenvalue weighted by molar-refractivity contribution is -0.136. The molecule has 0 rings (SSSR count). The summed E-state index contributed by atoms with van der Waals surface area (Å²) in [6.07, 6.45) is 0. The molecule has 0 aromatic carbocycles. The van der Waals surface area contributed by atoms with Gasteiger partial charge < -0.3 is 47.2 Å². The molecule has 0 aliphatic carbocycles. The number of carbonyl (C=O) groups is 3. The molecule has 0 radical (unpaired) electrons. The summed E-state index contributed by atoms with van der Waals surface area (Å²) < 4.78 is 8.88. The van der Waals surface area contributed by atoms with Crippen molar-refractivity contribution >= 4 is 25.7 Å². The Morgan fingerprint density at radius 3 is 0.750 bits per heavy atom. The van der Waals surface area contributed by atoms with Crippen LogP contribution in [0.4, 0.5) is 0 Å². The fourth-order valence-corrected chi connectivity index (χ4v) is 0. The molecule has 0 aromatic heterocycles. The quantitative estimate of drug-likeness (QED) is 0.225. The molecule has 0 spiro atoms. The van der Waals surface area contributed by atoms with E-state index in [0.29, 0.717) is 0 Å². The minimum Gasteiger partial charge on any atom is -0.480 e. The van der Waals surface area contributed by atoms with Gasteiger partial charge in [-0.1, -0.05) is 0 Å². The lowest BCUT2D eigenvalue weighted by Gasteiger charge is -1.82. The summed E-state index contributed by atoms with van der Waals surface area (Å²) in [6, 6.07) is 0. The van der Waals surface area contributed by atoms with Crippen LogP contribution in [0.3, 0.4) is 0 Å². The lowest BCUT2D eigenvalue weighted by atomic mass is 10.7. The van der Waals surface area contributed by atoms with E-state index in [1.54, 1.807) is 0 Å². The van der Waals surface area contributed by atoms with Gasteiger partial charge in [-0.3, -0.25) is 14.4 Å². The number of carboxylic acid groups (broad SMARTS) is 3. The van der Waals surface area contributed by atoms with Crippen LogP contribution in [0, 0.1) is 0 Å². The average Bonchev–Trinajstić information content (AvgIpc) is 2.28. The standard InChI is InChI=1S/3C2H5NO2.H3O4P/c3*3-1-2(4)5;1-5(2,3)4/h3*1,3H2,(H,4,5);(H3,1,2,3,4). The zero-order valence-electron chi connectivity index (χ0n) is 10.1. The predicted octanol–water partition coefficient (Wildman–Crippen LogP) is -3.84. The Labute approximate surface area is 112 Å². The number of hydrogen-bond donors (Lipinski definition) is 9. The smallest absolute Gasteiger partial charge is 0.466 e. The largest absolute Gasteiger partial charge is 0.480 e. The van der Waals surface area contributed by atoms with Crippen molar-refractivity contribution in [2.75, 3.05) is 19.6 Å². The van der Waals surface area contributed by atoms with Gasteiger partial charge >= 0.3 is 25.7 Å². The van der Waals surface area contributed by atoms with Crippen LogP contribution in [0.5, 0.6) is 0 Å². The van der Waals surface area contributed by atoms with Gasteiger partial charge in [-0.15, -0.1) is 0 Å². The van der Waals surface area contributed by atoms with Crippen LogP contribution in [-0.2, 0) is 18.9 Å². The van der Waals surface area contributed by atoms with E-state index in [2.05, 4.69) is 17.2 Å². The Morgan fingerprint density at radius 1 is 0.700 bits per heavy atom. The molecule has 122 valence electrons. The molecule has 20 heavy (non-hydrogen) atoms. The fraction of sp³-hybridized carbons (Fsp3) is 0.500. The summed E-state index contributed by atoms with van der Waals surface area (Å²) in [5.74, 6) is -2.90. The van der Waals surface area contributed by atoms with Gasteiger partial charge in [0.15, 0.2) is 0 Å². The molecule has 0 amide bonds. The maximum Gasteiger partial charge on any atom is 0.466 e. The first kappa shape index (κ1) is 26.9. The molecule has 0 saturated carbocycles. The molecule has 0 aromatic rings. The number of nitrogens with two attached hydrogens (primary N) is 3. The summed E-state index contributed by atoms with van der Waals surface area (Å²) in [7, 11) is -4.64. The maximum absolute atomic E-state index is 9.24. The van der Waals surface area contributed by atoms with Crippen LogP contribution >= 0.6 is 7.82 Å². The van der Waals surface area contributed by atoms with Gasteiger partial charge in [0, 0.05) is 0 Å². The van der Waals surface area contributed by atoms with E-state index >= 15 is 0 Å². The van der Waals surface area contributed by atoms with E-state index in [1.165, 1.54) is 0 Å². The van der Waals surface area contributed by atoms with Crippen LogP contribution in [-0.4, -0.2) is 67.5 Å². The van der Waals surface area contributed by atoms with Gasteiger partial charge in [-0.25, -0.2) is 4.57 Å². The fourth-order valence-electron chi connectivity index (χ4n) is 0. The van der Waals surface area contributed by atoms with Gasteiger partial charge in [0.1, 0.15) is 0 Å². The summed E-state index contributed by atoms with van der Waals surface area (Å²) >= 11 is 0. The van der Waals surface area contributed by atoms with Crippen LogP contribution in [0.15, 0.2) is 0 Å². The summed E-state index contributed by atoms with van der Waals surface area (Å²) in [5, 5.41) is 22.8. The Balaban J connectivity index is -0.0000000853. The molecule has 12 N–H and O–H groups in total. The van der Waals surface area contributed by atoms with E-state index < -0.39 is 25.7 Å². The molecule has 0 fully saturated rings. The Kier molecular flexibility index (Phi) is 23.4. The number of carboxylic acids is 3. The number of rotatable bonds is 3. The molecule has 0 aliphatic rings. The highest BCUT2D eigenvalue weighted by Crippen LogP contribution is 2.25. The normalized spacial score (nSPS) is 8.50. The van der Waals surface area contributed by atoms with E-state index in [0.717, 1.165) is 0 Å². The topological polar surface area (TPSA) is 268 Å². The van der Waals surface area contributed by atoms with Crippen LogP contribution in [0.1, 0.15) is 0 Å². The van der Waals surface area contributed by atoms with Crippen LogP contribution < -0.4 is 17.2 Å². The predicted molar refractivity (Wildman–Crippen MR) is 64.3 cm³/mol. The van der Waals surface area contributed by atoms with Crippen molar-refractivity contribution in [3.05, 3.63) is 0 Å². The van der Waals surface area contributed by atoms with Crippen molar-refractivity contribution < 1.29 is 48.9 Å². The Bertz CT molecular complexity index is 275. The summed E-state index contributed by atoms with van der Waals surface area (Å²) in [6.45, 7) is -0.833. The molecule has 14 heteroatoms. The van der Waals surface area contributed by atoms with Crippen molar-refractivity contribution in [1.29, 1.82) is 0 Å². The van der Waals surface area contributed by atoms with Gasteiger partial charge in [0.05, 0.1) is 19.6 Å². The third kappa shape index (κ3) is 201. The molecular formula is C6H18N3O10P. The van der Waals surface area contributed by atoms with Gasteiger partial charge in [0.2, 0.25) is 0 Å². The van der Waals surface area contributed by atoms with Crippen molar-refractivity contribution in [2.24, 2.45) is 17.2 Å². The Hall–Kier alpha value is -1.60. The van der Waals surface area contributed by atoms with Gasteiger partial charge in [-0.05, 0) is 0 Å². The van der Waals surface area contributed by atoms with E-state index in [-0.39, 0.29) is 19.6 Å². The molecule has 0 saturated heterocycles. The van der Waals surface area contributed by atoms with Crippen LogP contribution in [0.25, 0.3) is 0 Å². The Morgan fingerprint density at radius 2 is 0.750 bits per heavy atom. The highest BCUT2D eigenvalue weighted by Gasteiger charge is 2.00. The minimum atomic E-state index is -4.64. The molecule has 0 atom stereocenters. The minimum absolute atomic E-state index is 0.278. The molecular weight excluding hydrogens is 305 g/mol. The molecule has 13 nitrogen and oxygen atoms in total. The summed E-state index contributed by atoms with van der Waals surface area (Å²) in [4.78, 5) is 49.3. The van der Waals surface area contributed by atoms with E-state index in [9.17, 15) is 14.4 Å². The van der Waals surface area contributed by atoms with E-state index in [4.69, 9.17) is 34.6 Å². The van der Waals surface area contributed by atoms with Gasteiger partial charge in [0.25, 0.3) is 0 Å². The monoisotopic (exact) mass is 323 g/mol. The third-order valence-corrected chi connectivity index (χ3v) is 0.524. The number of phosphoric acid groups is 1. The zero-order valence-corrected chi connectivity index (χ0v) is 11.0. The SMILES string of the molecule is NCC(=O)O.NCC(=O)O.NCC(=O)O.O=P(O)(O)O. The van der Waals surface area contributed by atoms with Crippen molar-refractivity contribution in [1.82, 2.24) is 0 Å². The molecule has 0 bridgehead atoms. The van der Waals surface area contributed by atoms with Crippen molar-refractivity contribution in [2.45, 2.75) is 0 Å². The second kappa shape index (κ2) is 17.4. The highest BCUT2D eigenvalue weighted by molar-refractivity contribution is 7.45. The maximum atomic E-state index is 9.24. The highest BCUT2D eigenvalue weighted by atomic mass is 31.2. The second-order valence-corrected chi connectivity index (χ2v) is 3.33. The van der Waals surface area contributed by atoms with Gasteiger partial charge in [-0.2, -0.15) is 0 Å². The zero-order chi connectivity index (χ0) is 17.4. The van der Waals surface area contributed by atoms with Crippen molar-refractivity contribution in [3.8, 4) is 0 Å². The first-order valence-corrected chi connectivity index (χ1v) is 5.92. The summed E-state index contributed by atoms with van der Waals surface area (Å²) in [5.41, 5.74) is 13.7. The second-order valence-electron chi connectivity index (χ2n) is 2.31.